The van der Waals surface area contributed by atoms with Gasteiger partial charge in [-0.15, -0.1) is 0 Å². The number of hydrogen-bond acceptors (Lipinski definition) is 6. The molecular formula is C8H15O6S2. The first-order valence-corrected chi connectivity index (χ1v) is 8.03. The molecule has 16 heavy (non-hydrogen) atoms. The van der Waals surface area contributed by atoms with Crippen LogP contribution in [0.25, 0.3) is 0 Å². The van der Waals surface area contributed by atoms with E-state index < -0.39 is 20.2 Å². The lowest BCUT2D eigenvalue weighted by molar-refractivity contribution is 0.328. The van der Waals surface area contributed by atoms with Gasteiger partial charge in [-0.05, 0) is 12.8 Å². The summed E-state index contributed by atoms with van der Waals surface area (Å²) in [6.07, 6.45) is 6.01. The molecule has 0 fully saturated rings. The second-order valence-corrected chi connectivity index (χ2v) is 6.23. The summed E-state index contributed by atoms with van der Waals surface area (Å²) in [5, 5.41) is 0. The summed E-state index contributed by atoms with van der Waals surface area (Å²) in [5.74, 6) is 0. The predicted molar refractivity (Wildman–Crippen MR) is 59.4 cm³/mol. The van der Waals surface area contributed by atoms with Crippen LogP contribution >= 0.6 is 0 Å². The highest BCUT2D eigenvalue weighted by atomic mass is 32.2. The molecule has 0 aliphatic carbocycles. The van der Waals surface area contributed by atoms with Crippen LogP contribution in [-0.2, 0) is 28.6 Å². The molecule has 95 valence electrons. The van der Waals surface area contributed by atoms with Crippen molar-refractivity contribution in [2.24, 2.45) is 0 Å². The smallest absolute Gasteiger partial charge is 0.264 e. The Morgan fingerprint density at radius 2 is 1.62 bits per heavy atom. The summed E-state index contributed by atoms with van der Waals surface area (Å²) in [5.41, 5.74) is 0. The van der Waals surface area contributed by atoms with E-state index in [4.69, 9.17) is 0 Å². The molecule has 0 N–H and O–H groups in total. The zero-order valence-electron chi connectivity index (χ0n) is 9.12. The lowest BCUT2D eigenvalue weighted by Crippen LogP contribution is -2.03. The van der Waals surface area contributed by atoms with Gasteiger partial charge < -0.3 is 0 Å². The summed E-state index contributed by atoms with van der Waals surface area (Å²) in [4.78, 5) is 0. The van der Waals surface area contributed by atoms with E-state index in [0.29, 0.717) is 12.8 Å². The van der Waals surface area contributed by atoms with Crippen molar-refractivity contribution >= 4 is 20.2 Å². The average Bonchev–Trinajstić information content (AvgIpc) is 2.06. The highest BCUT2D eigenvalue weighted by Crippen LogP contribution is 1.98. The second-order valence-electron chi connectivity index (χ2n) is 2.99. The second kappa shape index (κ2) is 7.00. The van der Waals surface area contributed by atoms with Gasteiger partial charge >= 0.3 is 0 Å². The summed E-state index contributed by atoms with van der Waals surface area (Å²) in [6.45, 7) is 1.21. The normalized spacial score (nSPS) is 13.4. The van der Waals surface area contributed by atoms with Crippen molar-refractivity contribution in [3.8, 4) is 0 Å². The topological polar surface area (TPSA) is 86.7 Å². The zero-order chi connectivity index (χ0) is 12.7. The molecular weight excluding hydrogens is 256 g/mol. The molecule has 0 rings (SSSR count). The van der Waals surface area contributed by atoms with Crippen molar-refractivity contribution in [3.63, 3.8) is 0 Å². The molecule has 0 unspecified atom stereocenters. The fourth-order valence-electron chi connectivity index (χ4n) is 0.700. The van der Waals surface area contributed by atoms with Gasteiger partial charge in [-0.2, -0.15) is 16.8 Å². The van der Waals surface area contributed by atoms with Crippen LogP contribution in [0.1, 0.15) is 12.8 Å². The van der Waals surface area contributed by atoms with E-state index in [1.807, 2.05) is 0 Å². The highest BCUT2D eigenvalue weighted by Gasteiger charge is 2.00. The minimum absolute atomic E-state index is 0.0717. The quantitative estimate of drug-likeness (QED) is 0.361. The van der Waals surface area contributed by atoms with Gasteiger partial charge in [0.05, 0.1) is 19.1 Å². The monoisotopic (exact) mass is 271 g/mol. The van der Waals surface area contributed by atoms with Crippen LogP contribution in [0.3, 0.4) is 0 Å². The van der Waals surface area contributed by atoms with Crippen LogP contribution in [0, 0.1) is 6.61 Å². The maximum atomic E-state index is 10.5. The first-order valence-electron chi connectivity index (χ1n) is 4.40. The molecule has 0 bridgehead atoms. The first kappa shape index (κ1) is 15.6. The Morgan fingerprint density at radius 3 is 2.12 bits per heavy atom. The van der Waals surface area contributed by atoms with Crippen molar-refractivity contribution < 1.29 is 25.2 Å². The van der Waals surface area contributed by atoms with E-state index in [2.05, 4.69) is 8.37 Å². The van der Waals surface area contributed by atoms with E-state index in [1.165, 1.54) is 0 Å². The Kier molecular flexibility index (Phi) is 6.81. The highest BCUT2D eigenvalue weighted by molar-refractivity contribution is 7.86. The Bertz CT molecular complexity index is 366. The minimum Gasteiger partial charge on any atom is -0.270 e. The van der Waals surface area contributed by atoms with Crippen molar-refractivity contribution in [2.45, 2.75) is 12.8 Å². The predicted octanol–water partition coefficient (Wildman–Crippen LogP) is 0.437. The van der Waals surface area contributed by atoms with Gasteiger partial charge in [0.15, 0.2) is 0 Å². The molecule has 0 saturated heterocycles. The van der Waals surface area contributed by atoms with E-state index in [9.17, 15) is 16.8 Å². The lowest BCUT2D eigenvalue weighted by atomic mass is 10.3. The van der Waals surface area contributed by atoms with Crippen LogP contribution in [0.2, 0.25) is 0 Å². The van der Waals surface area contributed by atoms with Crippen LogP contribution in [0.5, 0.6) is 0 Å². The summed E-state index contributed by atoms with van der Waals surface area (Å²) in [6, 6.07) is 0. The molecule has 0 aromatic rings. The molecule has 0 aromatic carbocycles. The van der Waals surface area contributed by atoms with Crippen LogP contribution < -0.4 is 0 Å². The summed E-state index contributed by atoms with van der Waals surface area (Å²) in [7, 11) is -6.82. The van der Waals surface area contributed by atoms with Gasteiger partial charge in [0.1, 0.15) is 6.61 Å². The largest absolute Gasteiger partial charge is 0.270 e. The van der Waals surface area contributed by atoms with Crippen molar-refractivity contribution in [1.82, 2.24) is 0 Å². The maximum Gasteiger partial charge on any atom is 0.264 e. The van der Waals surface area contributed by atoms with E-state index >= 15 is 0 Å². The maximum absolute atomic E-state index is 10.5. The summed E-state index contributed by atoms with van der Waals surface area (Å²) < 4.78 is 50.9. The first-order chi connectivity index (χ1) is 7.21. The molecule has 0 aliphatic heterocycles. The molecule has 0 amide bonds. The third-order valence-electron chi connectivity index (χ3n) is 1.22. The number of hydrogen-bond donors (Lipinski definition) is 0. The Labute approximate surface area is 96.5 Å². The van der Waals surface area contributed by atoms with Crippen molar-refractivity contribution in [3.05, 3.63) is 18.8 Å². The van der Waals surface area contributed by atoms with Gasteiger partial charge in [-0.25, -0.2) is 0 Å². The van der Waals surface area contributed by atoms with Gasteiger partial charge in [0, 0.05) is 0 Å². The third kappa shape index (κ3) is 13.6. The molecule has 0 aromatic heterocycles. The molecule has 1 radical (unpaired) electrons. The fourth-order valence-corrected chi connectivity index (χ4v) is 1.42. The summed E-state index contributed by atoms with van der Waals surface area (Å²) >= 11 is 0. The SMILES string of the molecule is CS(=O)(=O)O[CH]C/C=C/CCOS(C)(=O)=O. The van der Waals surface area contributed by atoms with E-state index in [-0.39, 0.29) is 6.61 Å². The van der Waals surface area contributed by atoms with Gasteiger partial charge in [0.2, 0.25) is 0 Å². The fraction of sp³-hybridized carbons (Fsp3) is 0.625. The Morgan fingerprint density at radius 1 is 1.00 bits per heavy atom. The van der Waals surface area contributed by atoms with Crippen molar-refractivity contribution in [1.29, 1.82) is 0 Å². The third-order valence-corrected chi connectivity index (χ3v) is 2.30. The number of rotatable bonds is 8. The molecule has 0 spiro atoms. The Hall–Kier alpha value is -0.440. The minimum atomic E-state index is -3.43. The Balaban J connectivity index is 3.50. The molecule has 0 heterocycles. The van der Waals surface area contributed by atoms with Crippen LogP contribution in [-0.4, -0.2) is 36.0 Å². The molecule has 6 nitrogen and oxygen atoms in total. The van der Waals surface area contributed by atoms with E-state index in [0.717, 1.165) is 19.1 Å². The van der Waals surface area contributed by atoms with Crippen molar-refractivity contribution in [2.75, 3.05) is 19.1 Å². The molecule has 0 aliphatic rings. The standard InChI is InChI=1S/C8H15O6S2/c1-15(9,10)13-7-5-3-4-6-8-14-16(2,11)12/h3-4,7H,5-6,8H2,1-2H3/b4-3+. The van der Waals surface area contributed by atoms with Gasteiger partial charge in [-0.3, -0.25) is 8.37 Å². The van der Waals surface area contributed by atoms with Crippen LogP contribution in [0.15, 0.2) is 12.2 Å². The van der Waals surface area contributed by atoms with E-state index in [1.54, 1.807) is 12.2 Å². The molecule has 0 atom stereocenters. The van der Waals surface area contributed by atoms with Crippen LogP contribution in [0.4, 0.5) is 0 Å². The van der Waals surface area contributed by atoms with Gasteiger partial charge in [0.25, 0.3) is 20.2 Å². The molecule has 0 saturated carbocycles. The average molecular weight is 271 g/mol. The zero-order valence-corrected chi connectivity index (χ0v) is 10.8. The lowest BCUT2D eigenvalue weighted by Gasteiger charge is -1.97. The molecule has 8 heteroatoms. The van der Waals surface area contributed by atoms with Gasteiger partial charge in [-0.1, -0.05) is 12.2 Å².